The van der Waals surface area contributed by atoms with Crippen molar-refractivity contribution in [3.63, 3.8) is 0 Å². The van der Waals surface area contributed by atoms with E-state index in [0.29, 0.717) is 13.2 Å². The Morgan fingerprint density at radius 3 is 2.95 bits per heavy atom. The Bertz CT molecular complexity index is 487. The molecule has 1 heterocycles. The summed E-state index contributed by atoms with van der Waals surface area (Å²) >= 11 is 0. The number of esters is 1. The van der Waals surface area contributed by atoms with Gasteiger partial charge < -0.3 is 14.2 Å². The van der Waals surface area contributed by atoms with Crippen molar-refractivity contribution in [1.29, 1.82) is 0 Å². The van der Waals surface area contributed by atoms with Crippen LogP contribution in [0.5, 0.6) is 0 Å². The fraction of sp³-hybridized carbons (Fsp3) is 0.611. The third kappa shape index (κ3) is 4.08. The first kappa shape index (κ1) is 17.0. The number of carbonyl (C=O) groups is 1. The van der Waals surface area contributed by atoms with Crippen molar-refractivity contribution in [3.05, 3.63) is 36.0 Å². The molecule has 4 nitrogen and oxygen atoms in total. The van der Waals surface area contributed by atoms with E-state index in [-0.39, 0.29) is 29.5 Å². The fourth-order valence-corrected chi connectivity index (χ4v) is 2.81. The molecule has 0 bridgehead atoms. The first-order valence-corrected chi connectivity index (χ1v) is 7.91. The molecule has 1 fully saturated rings. The molecule has 4 heteroatoms. The molecule has 0 N–H and O–H groups in total. The predicted octanol–water partition coefficient (Wildman–Crippen LogP) is 3.05. The number of rotatable bonds is 7. The SMILES string of the molecule is CCOC(=O)/C=C/C1C(C)=CC=CC1(C)[C@@H](C)OC[C@H]1CO1. The van der Waals surface area contributed by atoms with Crippen LogP contribution in [-0.4, -0.2) is 38.0 Å². The molecular formula is C18H26O4. The van der Waals surface area contributed by atoms with Crippen molar-refractivity contribution >= 4 is 5.97 Å². The minimum atomic E-state index is -0.299. The topological polar surface area (TPSA) is 48.1 Å². The summed E-state index contributed by atoms with van der Waals surface area (Å²) in [6, 6.07) is 0. The highest BCUT2D eigenvalue weighted by Crippen LogP contribution is 2.42. The van der Waals surface area contributed by atoms with Crippen molar-refractivity contribution in [1.82, 2.24) is 0 Å². The van der Waals surface area contributed by atoms with E-state index in [4.69, 9.17) is 14.2 Å². The van der Waals surface area contributed by atoms with Gasteiger partial charge in [-0.15, -0.1) is 0 Å². The molecule has 1 saturated heterocycles. The third-order valence-corrected chi connectivity index (χ3v) is 4.50. The van der Waals surface area contributed by atoms with Gasteiger partial charge in [0.25, 0.3) is 0 Å². The smallest absolute Gasteiger partial charge is 0.330 e. The summed E-state index contributed by atoms with van der Waals surface area (Å²) in [5.74, 6) is -0.191. The first-order valence-electron chi connectivity index (χ1n) is 7.91. The van der Waals surface area contributed by atoms with Gasteiger partial charge in [0.05, 0.1) is 25.9 Å². The predicted molar refractivity (Wildman–Crippen MR) is 85.4 cm³/mol. The van der Waals surface area contributed by atoms with Crippen LogP contribution in [-0.2, 0) is 19.0 Å². The number of ether oxygens (including phenoxy) is 3. The molecule has 1 aliphatic heterocycles. The number of hydrogen-bond donors (Lipinski definition) is 0. The lowest BCUT2D eigenvalue weighted by molar-refractivity contribution is -0.137. The van der Waals surface area contributed by atoms with Crippen LogP contribution in [0.3, 0.4) is 0 Å². The van der Waals surface area contributed by atoms with Gasteiger partial charge in [-0.1, -0.05) is 36.8 Å². The molecule has 1 aliphatic carbocycles. The molecule has 122 valence electrons. The van der Waals surface area contributed by atoms with E-state index in [1.165, 1.54) is 11.6 Å². The molecule has 0 aromatic rings. The lowest BCUT2D eigenvalue weighted by Crippen LogP contribution is -2.39. The molecule has 0 radical (unpaired) electrons. The highest BCUT2D eigenvalue weighted by atomic mass is 16.6. The molecule has 2 rings (SSSR count). The maximum atomic E-state index is 11.6. The van der Waals surface area contributed by atoms with E-state index in [0.717, 1.165) is 6.61 Å². The van der Waals surface area contributed by atoms with Gasteiger partial charge in [0.2, 0.25) is 0 Å². The van der Waals surface area contributed by atoms with Crippen LogP contribution in [0.1, 0.15) is 27.7 Å². The summed E-state index contributed by atoms with van der Waals surface area (Å²) in [4.78, 5) is 11.6. The molecule has 0 aromatic heterocycles. The standard InChI is InChI=1S/C18H26O4/c1-5-20-17(19)9-8-16-13(2)7-6-10-18(16,4)14(3)21-11-15-12-22-15/h6-10,14-16H,5,11-12H2,1-4H3/b9-8+/t14-,15+,16?,18?/m1/s1. The van der Waals surface area contributed by atoms with E-state index in [9.17, 15) is 4.79 Å². The molecule has 0 spiro atoms. The van der Waals surface area contributed by atoms with Crippen molar-refractivity contribution in [2.75, 3.05) is 19.8 Å². The second-order valence-corrected chi connectivity index (χ2v) is 6.16. The summed E-state index contributed by atoms with van der Waals surface area (Å²) < 4.78 is 16.2. The van der Waals surface area contributed by atoms with Crippen LogP contribution in [0.4, 0.5) is 0 Å². The molecular weight excluding hydrogens is 280 g/mol. The quantitative estimate of drug-likeness (QED) is 0.412. The van der Waals surface area contributed by atoms with Crippen molar-refractivity contribution in [2.45, 2.75) is 39.9 Å². The number of allylic oxidation sites excluding steroid dienone is 4. The fourth-order valence-electron chi connectivity index (χ4n) is 2.81. The summed E-state index contributed by atoms with van der Waals surface area (Å²) in [5, 5.41) is 0. The first-order chi connectivity index (χ1) is 10.5. The second-order valence-electron chi connectivity index (χ2n) is 6.16. The van der Waals surface area contributed by atoms with Crippen LogP contribution >= 0.6 is 0 Å². The average Bonchev–Trinajstić information content (AvgIpc) is 3.28. The van der Waals surface area contributed by atoms with Crippen molar-refractivity contribution < 1.29 is 19.0 Å². The Kier molecular flexibility index (Phi) is 5.59. The maximum Gasteiger partial charge on any atom is 0.330 e. The van der Waals surface area contributed by atoms with E-state index < -0.39 is 0 Å². The average molecular weight is 306 g/mol. The highest BCUT2D eigenvalue weighted by molar-refractivity contribution is 5.82. The Hall–Kier alpha value is -1.39. The highest BCUT2D eigenvalue weighted by Gasteiger charge is 2.39. The van der Waals surface area contributed by atoms with Gasteiger partial charge in [0, 0.05) is 17.4 Å². The Morgan fingerprint density at radius 1 is 1.59 bits per heavy atom. The summed E-state index contributed by atoms with van der Waals surface area (Å²) in [5.41, 5.74) is 1.01. The number of hydrogen-bond acceptors (Lipinski definition) is 4. The molecule has 0 aromatic carbocycles. The molecule has 22 heavy (non-hydrogen) atoms. The van der Waals surface area contributed by atoms with Crippen LogP contribution in [0.15, 0.2) is 36.0 Å². The van der Waals surface area contributed by atoms with Crippen LogP contribution in [0.2, 0.25) is 0 Å². The minimum Gasteiger partial charge on any atom is -0.463 e. The number of carbonyl (C=O) groups excluding carboxylic acids is 1. The third-order valence-electron chi connectivity index (χ3n) is 4.50. The molecule has 0 amide bonds. The summed E-state index contributed by atoms with van der Waals surface area (Å²) in [6.07, 6.45) is 10.0. The Balaban J connectivity index is 2.09. The maximum absolute atomic E-state index is 11.6. The second kappa shape index (κ2) is 7.25. The minimum absolute atomic E-state index is 0.0217. The van der Waals surface area contributed by atoms with Gasteiger partial charge in [-0.25, -0.2) is 4.79 Å². The Labute approximate surface area is 132 Å². The van der Waals surface area contributed by atoms with E-state index in [1.807, 2.05) is 6.08 Å². The summed E-state index contributed by atoms with van der Waals surface area (Å²) in [7, 11) is 0. The van der Waals surface area contributed by atoms with E-state index in [2.05, 4.69) is 39.0 Å². The van der Waals surface area contributed by atoms with Gasteiger partial charge in [-0.2, -0.15) is 0 Å². The van der Waals surface area contributed by atoms with Gasteiger partial charge in [-0.3, -0.25) is 0 Å². The Morgan fingerprint density at radius 2 is 2.32 bits per heavy atom. The molecule has 2 unspecified atom stereocenters. The van der Waals surface area contributed by atoms with Crippen LogP contribution < -0.4 is 0 Å². The van der Waals surface area contributed by atoms with Gasteiger partial charge >= 0.3 is 5.97 Å². The van der Waals surface area contributed by atoms with E-state index >= 15 is 0 Å². The zero-order valence-corrected chi connectivity index (χ0v) is 13.9. The zero-order chi connectivity index (χ0) is 16.2. The van der Waals surface area contributed by atoms with Gasteiger partial charge in [0.1, 0.15) is 6.10 Å². The summed E-state index contributed by atoms with van der Waals surface area (Å²) in [6.45, 7) is 9.95. The van der Waals surface area contributed by atoms with Gasteiger partial charge in [-0.05, 0) is 20.8 Å². The lowest BCUT2D eigenvalue weighted by Gasteiger charge is -2.41. The number of epoxide rings is 1. The van der Waals surface area contributed by atoms with Crippen LogP contribution in [0, 0.1) is 11.3 Å². The molecule has 0 saturated carbocycles. The molecule has 2 aliphatic rings. The van der Waals surface area contributed by atoms with Crippen molar-refractivity contribution in [3.8, 4) is 0 Å². The monoisotopic (exact) mass is 306 g/mol. The lowest BCUT2D eigenvalue weighted by atomic mass is 9.67. The van der Waals surface area contributed by atoms with Crippen molar-refractivity contribution in [2.24, 2.45) is 11.3 Å². The molecule has 4 atom stereocenters. The largest absolute Gasteiger partial charge is 0.463 e. The normalized spacial score (nSPS) is 31.9. The van der Waals surface area contributed by atoms with Gasteiger partial charge in [0.15, 0.2) is 0 Å². The van der Waals surface area contributed by atoms with E-state index in [1.54, 1.807) is 6.92 Å². The van der Waals surface area contributed by atoms with Crippen LogP contribution in [0.25, 0.3) is 0 Å². The zero-order valence-electron chi connectivity index (χ0n) is 13.9.